The maximum Gasteiger partial charge on any atom is 0.255 e. The average molecular weight is 527 g/mol. The second-order valence-corrected chi connectivity index (χ2v) is 12.0. The first-order valence-electron chi connectivity index (χ1n) is 14.3. The number of rotatable bonds is 5. The van der Waals surface area contributed by atoms with Crippen molar-refractivity contribution in [2.75, 3.05) is 24.5 Å². The number of fused-ring (bicyclic) bond motifs is 1. The van der Waals surface area contributed by atoms with Crippen LogP contribution in [0.2, 0.25) is 0 Å². The highest BCUT2D eigenvalue weighted by molar-refractivity contribution is 6.05. The molecule has 202 valence electrons. The second kappa shape index (κ2) is 9.30. The molecule has 1 unspecified atom stereocenters. The van der Waals surface area contributed by atoms with Gasteiger partial charge in [-0.15, -0.1) is 0 Å². The molecule has 1 N–H and O–H groups in total. The van der Waals surface area contributed by atoms with E-state index in [0.29, 0.717) is 30.4 Å². The summed E-state index contributed by atoms with van der Waals surface area (Å²) < 4.78 is 0. The molecule has 39 heavy (non-hydrogen) atoms. The summed E-state index contributed by atoms with van der Waals surface area (Å²) in [4.78, 5) is 55.8. The van der Waals surface area contributed by atoms with E-state index in [2.05, 4.69) is 46.6 Å². The van der Waals surface area contributed by atoms with Crippen LogP contribution < -0.4 is 10.2 Å². The molecule has 8 nitrogen and oxygen atoms in total. The Morgan fingerprint density at radius 2 is 1.72 bits per heavy atom. The maximum atomic E-state index is 13.0. The Bertz CT molecular complexity index is 1370. The number of carbonyl (C=O) groups excluding carboxylic acids is 4. The number of imide groups is 1. The van der Waals surface area contributed by atoms with Crippen molar-refractivity contribution in [2.24, 2.45) is 5.41 Å². The number of amides is 4. The highest BCUT2D eigenvalue weighted by atomic mass is 16.2. The number of hydrogen-bond donors (Lipinski definition) is 1. The highest BCUT2D eigenvalue weighted by Gasteiger charge is 2.55. The molecule has 4 amide bonds. The van der Waals surface area contributed by atoms with Crippen molar-refractivity contribution in [1.29, 1.82) is 0 Å². The molecule has 2 aromatic carbocycles. The minimum absolute atomic E-state index is 0.0358. The fourth-order valence-corrected chi connectivity index (χ4v) is 7.04. The molecular weight excluding hydrogens is 492 g/mol. The molecule has 4 fully saturated rings. The molecule has 0 radical (unpaired) electrons. The Morgan fingerprint density at radius 1 is 0.897 bits per heavy atom. The second-order valence-electron chi connectivity index (χ2n) is 12.0. The van der Waals surface area contributed by atoms with Gasteiger partial charge in [0.1, 0.15) is 6.04 Å². The van der Waals surface area contributed by atoms with Gasteiger partial charge in [-0.05, 0) is 92.4 Å². The van der Waals surface area contributed by atoms with Crippen LogP contribution >= 0.6 is 0 Å². The fourth-order valence-electron chi connectivity index (χ4n) is 7.04. The lowest BCUT2D eigenvalue weighted by molar-refractivity contribution is -0.137. The molecule has 8 heteroatoms. The Balaban J connectivity index is 0.970. The number of benzene rings is 2. The summed E-state index contributed by atoms with van der Waals surface area (Å²) >= 11 is 0. The number of anilines is 1. The van der Waals surface area contributed by atoms with E-state index in [-0.39, 0.29) is 29.6 Å². The number of nitrogens with zero attached hydrogens (tertiary/aromatic N) is 3. The molecule has 3 saturated heterocycles. The molecule has 1 spiro atoms. The lowest BCUT2D eigenvalue weighted by Crippen LogP contribution is -2.52. The number of piperidine rings is 2. The van der Waals surface area contributed by atoms with Gasteiger partial charge in [0.2, 0.25) is 17.7 Å². The summed E-state index contributed by atoms with van der Waals surface area (Å²) in [5.41, 5.74) is 5.16. The number of nitrogens with one attached hydrogen (secondary N) is 1. The molecule has 0 bridgehead atoms. The summed E-state index contributed by atoms with van der Waals surface area (Å²) in [7, 11) is 0. The van der Waals surface area contributed by atoms with Crippen molar-refractivity contribution in [3.63, 3.8) is 0 Å². The molecule has 7 rings (SSSR count). The van der Waals surface area contributed by atoms with Gasteiger partial charge in [-0.2, -0.15) is 0 Å². The molecule has 4 heterocycles. The summed E-state index contributed by atoms with van der Waals surface area (Å²) in [5.74, 6) is -0.00307. The zero-order valence-corrected chi connectivity index (χ0v) is 22.2. The zero-order valence-electron chi connectivity index (χ0n) is 22.2. The lowest BCUT2D eigenvalue weighted by Gasteiger charge is -2.32. The highest BCUT2D eigenvalue weighted by Crippen LogP contribution is 2.54. The normalized spacial score (nSPS) is 25.0. The van der Waals surface area contributed by atoms with Crippen molar-refractivity contribution in [2.45, 2.75) is 70.0 Å². The summed E-state index contributed by atoms with van der Waals surface area (Å²) in [5, 5.41) is 2.37. The van der Waals surface area contributed by atoms with Crippen LogP contribution in [-0.4, -0.2) is 59.1 Å². The van der Waals surface area contributed by atoms with Crippen molar-refractivity contribution in [1.82, 2.24) is 15.1 Å². The van der Waals surface area contributed by atoms with Crippen molar-refractivity contribution < 1.29 is 19.2 Å². The van der Waals surface area contributed by atoms with Crippen LogP contribution in [0.15, 0.2) is 42.5 Å². The SMILES string of the molecule is O=C1CCC(N2Cc3cc(C4CCN(Cc5cccc(N6CCC7(CC7)C6=O)c5)CC4)ccc3C2=O)C(=O)N1. The molecule has 1 aliphatic carbocycles. The van der Waals surface area contributed by atoms with E-state index < -0.39 is 6.04 Å². The first-order chi connectivity index (χ1) is 18.9. The third kappa shape index (κ3) is 4.35. The van der Waals surface area contributed by atoms with Crippen molar-refractivity contribution >= 4 is 29.3 Å². The van der Waals surface area contributed by atoms with Gasteiger partial charge in [0.05, 0.1) is 5.41 Å². The Hall–Kier alpha value is -3.52. The third-order valence-corrected chi connectivity index (χ3v) is 9.60. The summed E-state index contributed by atoms with van der Waals surface area (Å²) in [6, 6.07) is 14.1. The smallest absolute Gasteiger partial charge is 0.255 e. The molecule has 4 aliphatic heterocycles. The van der Waals surface area contributed by atoms with E-state index in [1.54, 1.807) is 4.90 Å². The van der Waals surface area contributed by atoms with Gasteiger partial charge in [0, 0.05) is 37.3 Å². The van der Waals surface area contributed by atoms with Crippen LogP contribution in [0.1, 0.15) is 77.9 Å². The Kier molecular flexibility index (Phi) is 5.84. The Labute approximate surface area is 228 Å². The van der Waals surface area contributed by atoms with E-state index in [1.807, 2.05) is 11.0 Å². The van der Waals surface area contributed by atoms with Gasteiger partial charge in [-0.25, -0.2) is 0 Å². The van der Waals surface area contributed by atoms with Crippen molar-refractivity contribution in [3.05, 3.63) is 64.7 Å². The van der Waals surface area contributed by atoms with Crippen LogP contribution in [0.3, 0.4) is 0 Å². The quantitative estimate of drug-likeness (QED) is 0.604. The third-order valence-electron chi connectivity index (χ3n) is 9.60. The molecule has 5 aliphatic rings. The largest absolute Gasteiger partial charge is 0.322 e. The van der Waals surface area contributed by atoms with Crippen molar-refractivity contribution in [3.8, 4) is 0 Å². The molecule has 2 aromatic rings. The van der Waals surface area contributed by atoms with Gasteiger partial charge in [-0.3, -0.25) is 29.4 Å². The van der Waals surface area contributed by atoms with E-state index in [4.69, 9.17) is 0 Å². The number of hydrogen-bond acceptors (Lipinski definition) is 5. The van der Waals surface area contributed by atoms with E-state index in [0.717, 1.165) is 69.5 Å². The zero-order chi connectivity index (χ0) is 26.7. The first-order valence-corrected chi connectivity index (χ1v) is 14.3. The van der Waals surface area contributed by atoms with Crippen LogP contribution in [-0.2, 0) is 27.5 Å². The van der Waals surface area contributed by atoms with E-state index in [9.17, 15) is 19.2 Å². The summed E-state index contributed by atoms with van der Waals surface area (Å²) in [6.45, 7) is 4.14. The van der Waals surface area contributed by atoms with Gasteiger partial charge in [0.15, 0.2) is 0 Å². The van der Waals surface area contributed by atoms with Crippen LogP contribution in [0.25, 0.3) is 0 Å². The molecule has 0 aromatic heterocycles. The molecular formula is C31H34N4O4. The monoisotopic (exact) mass is 526 g/mol. The maximum absolute atomic E-state index is 13.0. The lowest BCUT2D eigenvalue weighted by atomic mass is 9.87. The van der Waals surface area contributed by atoms with Gasteiger partial charge >= 0.3 is 0 Å². The number of carbonyl (C=O) groups is 4. The minimum Gasteiger partial charge on any atom is -0.322 e. The number of likely N-dealkylation sites (tertiary alicyclic amines) is 1. The van der Waals surface area contributed by atoms with Gasteiger partial charge in [0.25, 0.3) is 5.91 Å². The minimum atomic E-state index is -0.578. The molecule has 1 atom stereocenters. The average Bonchev–Trinajstić information content (AvgIpc) is 3.57. The van der Waals surface area contributed by atoms with Crippen LogP contribution in [0, 0.1) is 5.41 Å². The van der Waals surface area contributed by atoms with Gasteiger partial charge in [-0.1, -0.05) is 24.3 Å². The predicted molar refractivity (Wildman–Crippen MR) is 145 cm³/mol. The first kappa shape index (κ1) is 24.5. The topological polar surface area (TPSA) is 90.0 Å². The fraction of sp³-hybridized carbons (Fsp3) is 0.484. The summed E-state index contributed by atoms with van der Waals surface area (Å²) in [6.07, 6.45) is 5.85. The van der Waals surface area contributed by atoms with Gasteiger partial charge < -0.3 is 9.80 Å². The molecule has 1 saturated carbocycles. The van der Waals surface area contributed by atoms with Crippen LogP contribution in [0.4, 0.5) is 5.69 Å². The Morgan fingerprint density at radius 3 is 2.46 bits per heavy atom. The van der Waals surface area contributed by atoms with E-state index in [1.165, 1.54) is 11.1 Å². The van der Waals surface area contributed by atoms with E-state index >= 15 is 0 Å². The standard InChI is InChI=1S/C31H34N4O4/c36-27-7-6-26(28(37)32-27)35-19-23-17-22(4-5-25(23)29(35)38)21-8-13-33(14-9-21)18-20-2-1-3-24(16-20)34-15-12-31(10-11-31)30(34)39/h1-5,16-17,21,26H,6-15,18-19H2,(H,32,36,37). The van der Waals surface area contributed by atoms with Crippen LogP contribution in [0.5, 0.6) is 0 Å². The predicted octanol–water partition coefficient (Wildman–Crippen LogP) is 3.34.